The lowest BCUT2D eigenvalue weighted by molar-refractivity contribution is 0.0735. The summed E-state index contributed by atoms with van der Waals surface area (Å²) in [6.07, 6.45) is 0. The van der Waals surface area contributed by atoms with Crippen LogP contribution in [0.5, 0.6) is 5.75 Å². The number of fused-ring (bicyclic) bond motifs is 1. The summed E-state index contributed by atoms with van der Waals surface area (Å²) in [7, 11) is 0. The van der Waals surface area contributed by atoms with E-state index in [1.165, 1.54) is 10.9 Å². The zero-order valence-electron chi connectivity index (χ0n) is 14.7. The van der Waals surface area contributed by atoms with Gasteiger partial charge < -0.3 is 9.72 Å². The van der Waals surface area contributed by atoms with Gasteiger partial charge in [0.2, 0.25) is 0 Å². The van der Waals surface area contributed by atoms with Crippen LogP contribution in [-0.2, 0) is 0 Å². The van der Waals surface area contributed by atoms with E-state index in [0.29, 0.717) is 11.3 Å². The molecule has 0 saturated carbocycles. The Labute approximate surface area is 152 Å². The summed E-state index contributed by atoms with van der Waals surface area (Å²) < 4.78 is 5.70. The lowest BCUT2D eigenvalue weighted by Gasteiger charge is -2.10. The van der Waals surface area contributed by atoms with Crippen LogP contribution in [-0.4, -0.2) is 11.0 Å². The smallest absolute Gasteiger partial charge is 0.343 e. The third-order valence-electron chi connectivity index (χ3n) is 4.58. The second-order valence-electron chi connectivity index (χ2n) is 6.43. The number of carbonyl (C=O) groups is 1. The molecular formula is C23H19NO2. The predicted molar refractivity (Wildman–Crippen MR) is 105 cm³/mol. The van der Waals surface area contributed by atoms with Gasteiger partial charge in [-0.05, 0) is 55.8 Å². The summed E-state index contributed by atoms with van der Waals surface area (Å²) in [6.45, 7) is 4.17. The predicted octanol–water partition coefficient (Wildman–Crippen LogP) is 5.67. The Morgan fingerprint density at radius 2 is 1.62 bits per heavy atom. The minimum atomic E-state index is -0.359. The number of hydrogen-bond acceptors (Lipinski definition) is 2. The third-order valence-corrected chi connectivity index (χ3v) is 4.58. The van der Waals surface area contributed by atoms with Crippen LogP contribution in [0.1, 0.15) is 21.5 Å². The number of para-hydroxylation sites is 1. The fourth-order valence-electron chi connectivity index (χ4n) is 3.20. The fourth-order valence-corrected chi connectivity index (χ4v) is 3.20. The van der Waals surface area contributed by atoms with Gasteiger partial charge in [-0.3, -0.25) is 0 Å². The van der Waals surface area contributed by atoms with Crippen molar-refractivity contribution in [2.24, 2.45) is 0 Å². The molecular weight excluding hydrogens is 322 g/mol. The van der Waals surface area contributed by atoms with Gasteiger partial charge in [-0.1, -0.05) is 42.0 Å². The van der Waals surface area contributed by atoms with Crippen molar-refractivity contribution in [3.8, 4) is 17.0 Å². The van der Waals surface area contributed by atoms with Crippen molar-refractivity contribution in [1.82, 2.24) is 4.98 Å². The van der Waals surface area contributed by atoms with Crippen LogP contribution in [0.2, 0.25) is 0 Å². The number of rotatable bonds is 3. The monoisotopic (exact) mass is 341 g/mol. The molecule has 4 aromatic rings. The molecule has 4 rings (SSSR count). The number of ether oxygens (including phenoxy) is 1. The number of hydrogen-bond donors (Lipinski definition) is 1. The normalized spacial score (nSPS) is 10.8. The molecule has 128 valence electrons. The molecule has 0 spiro atoms. The largest absolute Gasteiger partial charge is 0.422 e. The topological polar surface area (TPSA) is 42.1 Å². The average molecular weight is 341 g/mol. The molecule has 0 atom stereocenters. The van der Waals surface area contributed by atoms with Crippen molar-refractivity contribution in [2.75, 3.05) is 0 Å². The van der Waals surface area contributed by atoms with Gasteiger partial charge >= 0.3 is 5.97 Å². The highest BCUT2D eigenvalue weighted by Crippen LogP contribution is 2.35. The summed E-state index contributed by atoms with van der Waals surface area (Å²) in [5, 5.41) is 1.18. The van der Waals surface area contributed by atoms with Crippen LogP contribution in [0.25, 0.3) is 22.2 Å². The van der Waals surface area contributed by atoms with Crippen molar-refractivity contribution >= 4 is 16.9 Å². The zero-order chi connectivity index (χ0) is 18.1. The van der Waals surface area contributed by atoms with E-state index in [-0.39, 0.29) is 5.97 Å². The van der Waals surface area contributed by atoms with Crippen molar-refractivity contribution in [3.63, 3.8) is 0 Å². The maximum absolute atomic E-state index is 12.5. The van der Waals surface area contributed by atoms with Gasteiger partial charge in [0.05, 0.1) is 11.3 Å². The summed E-state index contributed by atoms with van der Waals surface area (Å²) in [4.78, 5) is 15.9. The molecule has 0 saturated heterocycles. The lowest BCUT2D eigenvalue weighted by atomic mass is 10.0. The number of esters is 1. The standard InChI is InChI=1S/C23H19NO2/c1-15-12-13-20-19(14-15)16(2)22(24-20)18-10-6-7-11-21(18)26-23(25)17-8-4-3-5-9-17/h3-14,24H,1-2H3. The molecule has 0 amide bonds. The first-order valence-corrected chi connectivity index (χ1v) is 8.59. The van der Waals surface area contributed by atoms with Crippen LogP contribution in [0.15, 0.2) is 72.8 Å². The molecule has 0 unspecified atom stereocenters. The summed E-state index contributed by atoms with van der Waals surface area (Å²) in [5.74, 6) is 0.190. The van der Waals surface area contributed by atoms with Gasteiger partial charge in [-0.2, -0.15) is 0 Å². The molecule has 3 heteroatoms. The van der Waals surface area contributed by atoms with Crippen molar-refractivity contribution < 1.29 is 9.53 Å². The van der Waals surface area contributed by atoms with Gasteiger partial charge in [0, 0.05) is 16.5 Å². The van der Waals surface area contributed by atoms with Crippen LogP contribution in [0.4, 0.5) is 0 Å². The van der Waals surface area contributed by atoms with Gasteiger partial charge in [-0.25, -0.2) is 4.79 Å². The van der Waals surface area contributed by atoms with E-state index >= 15 is 0 Å². The molecule has 1 heterocycles. The SMILES string of the molecule is Cc1ccc2[nH]c(-c3ccccc3OC(=O)c3ccccc3)c(C)c2c1. The number of aryl methyl sites for hydroxylation is 2. The maximum atomic E-state index is 12.5. The van der Waals surface area contributed by atoms with Gasteiger partial charge in [0.25, 0.3) is 0 Å². The van der Waals surface area contributed by atoms with Crippen LogP contribution >= 0.6 is 0 Å². The number of aromatic amines is 1. The van der Waals surface area contributed by atoms with Gasteiger partial charge in [0.1, 0.15) is 5.75 Å². The van der Waals surface area contributed by atoms with Crippen LogP contribution in [0, 0.1) is 13.8 Å². The highest BCUT2D eigenvalue weighted by atomic mass is 16.5. The Morgan fingerprint density at radius 3 is 2.42 bits per heavy atom. The number of aromatic nitrogens is 1. The fraction of sp³-hybridized carbons (Fsp3) is 0.0870. The quantitative estimate of drug-likeness (QED) is 0.385. The molecule has 3 nitrogen and oxygen atoms in total. The van der Waals surface area contributed by atoms with E-state index in [1.807, 2.05) is 42.5 Å². The molecule has 0 aliphatic carbocycles. The van der Waals surface area contributed by atoms with E-state index < -0.39 is 0 Å². The Morgan fingerprint density at radius 1 is 0.885 bits per heavy atom. The second-order valence-corrected chi connectivity index (χ2v) is 6.43. The maximum Gasteiger partial charge on any atom is 0.343 e. The molecule has 1 aromatic heterocycles. The first-order valence-electron chi connectivity index (χ1n) is 8.59. The summed E-state index contributed by atoms with van der Waals surface area (Å²) in [5.41, 5.74) is 5.82. The Balaban J connectivity index is 1.77. The molecule has 0 fully saturated rings. The van der Waals surface area contributed by atoms with E-state index in [9.17, 15) is 4.79 Å². The second kappa shape index (κ2) is 6.52. The highest BCUT2D eigenvalue weighted by molar-refractivity contribution is 5.94. The number of H-pyrrole nitrogens is 1. The number of nitrogens with one attached hydrogen (secondary N) is 1. The van der Waals surface area contributed by atoms with Crippen molar-refractivity contribution in [1.29, 1.82) is 0 Å². The van der Waals surface area contributed by atoms with Crippen LogP contribution < -0.4 is 4.74 Å². The summed E-state index contributed by atoms with van der Waals surface area (Å²) >= 11 is 0. The summed E-state index contributed by atoms with van der Waals surface area (Å²) in [6, 6.07) is 23.0. The lowest BCUT2D eigenvalue weighted by Crippen LogP contribution is -2.09. The minimum Gasteiger partial charge on any atom is -0.422 e. The van der Waals surface area contributed by atoms with E-state index in [2.05, 4.69) is 37.0 Å². The molecule has 1 N–H and O–H groups in total. The molecule has 26 heavy (non-hydrogen) atoms. The first-order chi connectivity index (χ1) is 12.6. The Bertz CT molecular complexity index is 1090. The number of benzene rings is 3. The Kier molecular flexibility index (Phi) is 4.05. The van der Waals surface area contributed by atoms with Gasteiger partial charge in [0.15, 0.2) is 0 Å². The molecule has 0 aliphatic rings. The van der Waals surface area contributed by atoms with E-state index in [0.717, 1.165) is 22.3 Å². The highest BCUT2D eigenvalue weighted by Gasteiger charge is 2.16. The van der Waals surface area contributed by atoms with E-state index in [4.69, 9.17) is 4.74 Å². The van der Waals surface area contributed by atoms with Crippen LogP contribution in [0.3, 0.4) is 0 Å². The van der Waals surface area contributed by atoms with E-state index in [1.54, 1.807) is 12.1 Å². The average Bonchev–Trinajstić information content (AvgIpc) is 2.99. The van der Waals surface area contributed by atoms with Crippen molar-refractivity contribution in [3.05, 3.63) is 89.5 Å². The molecule has 0 radical (unpaired) electrons. The van der Waals surface area contributed by atoms with Crippen molar-refractivity contribution in [2.45, 2.75) is 13.8 Å². The molecule has 0 aliphatic heterocycles. The molecule has 3 aromatic carbocycles. The third kappa shape index (κ3) is 2.88. The van der Waals surface area contributed by atoms with Gasteiger partial charge in [-0.15, -0.1) is 0 Å². The molecule has 0 bridgehead atoms. The Hall–Kier alpha value is -3.33. The number of carbonyl (C=O) groups excluding carboxylic acids is 1. The zero-order valence-corrected chi connectivity index (χ0v) is 14.7. The minimum absolute atomic E-state index is 0.359. The first kappa shape index (κ1) is 16.2.